The molecule has 0 aromatic carbocycles. The van der Waals surface area contributed by atoms with E-state index in [1.54, 1.807) is 20.8 Å². The van der Waals surface area contributed by atoms with Gasteiger partial charge in [-0.25, -0.2) is 4.79 Å². The Morgan fingerprint density at radius 1 is 1.28 bits per heavy atom. The third-order valence-electron chi connectivity index (χ3n) is 3.15. The normalized spacial score (nSPS) is 19.2. The molecular formula is C13H23NO4. The number of carboxylic acids is 1. The maximum Gasteiger partial charge on any atom is 0.407 e. The van der Waals surface area contributed by atoms with Crippen molar-refractivity contribution < 1.29 is 19.4 Å². The Hall–Kier alpha value is -1.26. The van der Waals surface area contributed by atoms with Crippen LogP contribution >= 0.6 is 0 Å². The fourth-order valence-corrected chi connectivity index (χ4v) is 2.17. The molecule has 1 saturated carbocycles. The zero-order valence-corrected chi connectivity index (χ0v) is 11.7. The zero-order valence-electron chi connectivity index (χ0n) is 11.7. The van der Waals surface area contributed by atoms with Gasteiger partial charge in [0.05, 0.1) is 11.5 Å². The van der Waals surface area contributed by atoms with E-state index in [-0.39, 0.29) is 12.0 Å². The lowest BCUT2D eigenvalue weighted by molar-refractivity contribution is -0.145. The summed E-state index contributed by atoms with van der Waals surface area (Å²) in [5, 5.41) is 12.0. The Morgan fingerprint density at radius 2 is 1.78 bits per heavy atom. The number of nitrogens with one attached hydrogen (secondary N) is 1. The summed E-state index contributed by atoms with van der Waals surface area (Å²) in [6.45, 7) is 9.15. The first-order valence-electron chi connectivity index (χ1n) is 6.31. The molecule has 1 aliphatic carbocycles. The highest BCUT2D eigenvalue weighted by atomic mass is 16.6. The molecule has 0 aliphatic heterocycles. The molecule has 5 heteroatoms. The monoisotopic (exact) mass is 257 g/mol. The lowest BCUT2D eigenvalue weighted by Crippen LogP contribution is -2.49. The summed E-state index contributed by atoms with van der Waals surface area (Å²) >= 11 is 0. The van der Waals surface area contributed by atoms with Crippen molar-refractivity contribution in [2.45, 2.75) is 59.1 Å². The van der Waals surface area contributed by atoms with Crippen molar-refractivity contribution in [1.82, 2.24) is 5.32 Å². The van der Waals surface area contributed by atoms with Crippen LogP contribution in [-0.2, 0) is 9.53 Å². The molecule has 0 spiro atoms. The van der Waals surface area contributed by atoms with Crippen LogP contribution in [0.25, 0.3) is 0 Å². The Labute approximate surface area is 108 Å². The van der Waals surface area contributed by atoms with Gasteiger partial charge < -0.3 is 15.2 Å². The summed E-state index contributed by atoms with van der Waals surface area (Å²) < 4.78 is 5.18. The third kappa shape index (κ3) is 3.37. The SMILES string of the molecule is CC(C)C(NC(=O)OC(C)(C)C)C1(C(=O)O)CC1. The average Bonchev–Trinajstić information content (AvgIpc) is 2.91. The maximum atomic E-state index is 11.7. The second kappa shape index (κ2) is 4.78. The number of alkyl carbamates (subject to hydrolysis) is 1. The van der Waals surface area contributed by atoms with E-state index in [1.807, 2.05) is 13.8 Å². The van der Waals surface area contributed by atoms with Crippen molar-refractivity contribution in [2.24, 2.45) is 11.3 Å². The zero-order chi connectivity index (χ0) is 14.1. The first-order valence-corrected chi connectivity index (χ1v) is 6.31. The molecular weight excluding hydrogens is 234 g/mol. The van der Waals surface area contributed by atoms with Crippen LogP contribution in [-0.4, -0.2) is 28.8 Å². The Bertz CT molecular complexity index is 339. The molecule has 5 nitrogen and oxygen atoms in total. The van der Waals surface area contributed by atoms with E-state index in [9.17, 15) is 14.7 Å². The summed E-state index contributed by atoms with van der Waals surface area (Å²) in [6, 6.07) is -0.384. The summed E-state index contributed by atoms with van der Waals surface area (Å²) in [4.78, 5) is 23.0. The predicted molar refractivity (Wildman–Crippen MR) is 67.3 cm³/mol. The molecule has 0 radical (unpaired) electrons. The van der Waals surface area contributed by atoms with Crippen LogP contribution in [0.15, 0.2) is 0 Å². The van der Waals surface area contributed by atoms with Crippen LogP contribution in [0.3, 0.4) is 0 Å². The molecule has 0 saturated heterocycles. The van der Waals surface area contributed by atoms with Gasteiger partial charge in [0.25, 0.3) is 0 Å². The van der Waals surface area contributed by atoms with E-state index in [2.05, 4.69) is 5.32 Å². The fraction of sp³-hybridized carbons (Fsp3) is 0.846. The molecule has 18 heavy (non-hydrogen) atoms. The first kappa shape index (κ1) is 14.8. The van der Waals surface area contributed by atoms with E-state index in [0.29, 0.717) is 12.8 Å². The molecule has 1 rings (SSSR count). The molecule has 1 fully saturated rings. The van der Waals surface area contributed by atoms with Crippen LogP contribution in [0.2, 0.25) is 0 Å². The maximum absolute atomic E-state index is 11.7. The van der Waals surface area contributed by atoms with Crippen molar-refractivity contribution in [3.63, 3.8) is 0 Å². The van der Waals surface area contributed by atoms with Gasteiger partial charge in [0.2, 0.25) is 0 Å². The van der Waals surface area contributed by atoms with Gasteiger partial charge in [-0.2, -0.15) is 0 Å². The second-order valence-corrected chi connectivity index (χ2v) is 6.33. The smallest absolute Gasteiger partial charge is 0.407 e. The minimum absolute atomic E-state index is 0.0520. The van der Waals surface area contributed by atoms with Gasteiger partial charge in [0.15, 0.2) is 0 Å². The van der Waals surface area contributed by atoms with E-state index in [4.69, 9.17) is 4.74 Å². The quantitative estimate of drug-likeness (QED) is 0.811. The summed E-state index contributed by atoms with van der Waals surface area (Å²) in [7, 11) is 0. The van der Waals surface area contributed by atoms with Gasteiger partial charge in [0.1, 0.15) is 5.60 Å². The molecule has 0 bridgehead atoms. The molecule has 1 atom stereocenters. The molecule has 1 amide bonds. The van der Waals surface area contributed by atoms with Crippen molar-refractivity contribution in [1.29, 1.82) is 0 Å². The van der Waals surface area contributed by atoms with Gasteiger partial charge in [0, 0.05) is 0 Å². The highest BCUT2D eigenvalue weighted by molar-refractivity contribution is 5.80. The van der Waals surface area contributed by atoms with Crippen molar-refractivity contribution in [3.05, 3.63) is 0 Å². The summed E-state index contributed by atoms with van der Waals surface area (Å²) in [6.07, 6.45) is 0.677. The standard InChI is InChI=1S/C13H23NO4/c1-8(2)9(13(6-7-13)10(15)16)14-11(17)18-12(3,4)5/h8-9H,6-7H2,1-5H3,(H,14,17)(H,15,16). The van der Waals surface area contributed by atoms with Crippen LogP contribution in [0, 0.1) is 11.3 Å². The Morgan fingerprint density at radius 3 is 2.06 bits per heavy atom. The number of ether oxygens (including phenoxy) is 1. The molecule has 1 unspecified atom stereocenters. The summed E-state index contributed by atoms with van der Waals surface area (Å²) in [5.74, 6) is -0.784. The van der Waals surface area contributed by atoms with Crippen LogP contribution in [0.5, 0.6) is 0 Å². The minimum atomic E-state index is -0.836. The van der Waals surface area contributed by atoms with Crippen LogP contribution in [0.4, 0.5) is 4.79 Å². The van der Waals surface area contributed by atoms with E-state index < -0.39 is 23.1 Å². The van der Waals surface area contributed by atoms with Gasteiger partial charge in [-0.05, 0) is 39.5 Å². The number of carbonyl (C=O) groups is 2. The van der Waals surface area contributed by atoms with Crippen molar-refractivity contribution in [2.75, 3.05) is 0 Å². The fourth-order valence-electron chi connectivity index (χ4n) is 2.17. The molecule has 2 N–H and O–H groups in total. The Balaban J connectivity index is 2.71. The van der Waals surface area contributed by atoms with Crippen molar-refractivity contribution >= 4 is 12.1 Å². The number of aliphatic carboxylic acids is 1. The van der Waals surface area contributed by atoms with Gasteiger partial charge in [-0.3, -0.25) is 4.79 Å². The predicted octanol–water partition coefficient (Wildman–Crippen LogP) is 2.40. The molecule has 0 heterocycles. The van der Waals surface area contributed by atoms with Crippen molar-refractivity contribution in [3.8, 4) is 0 Å². The van der Waals surface area contributed by atoms with Gasteiger partial charge >= 0.3 is 12.1 Å². The van der Waals surface area contributed by atoms with E-state index in [0.717, 1.165) is 0 Å². The largest absolute Gasteiger partial charge is 0.481 e. The number of carboxylic acid groups (broad SMARTS) is 1. The highest BCUT2D eigenvalue weighted by Gasteiger charge is 2.57. The number of rotatable bonds is 4. The number of amides is 1. The molecule has 104 valence electrons. The number of hydrogen-bond donors (Lipinski definition) is 2. The summed E-state index contributed by atoms with van der Waals surface area (Å²) in [5.41, 5.74) is -1.38. The minimum Gasteiger partial charge on any atom is -0.481 e. The lowest BCUT2D eigenvalue weighted by Gasteiger charge is -2.29. The number of carbonyl (C=O) groups excluding carboxylic acids is 1. The van der Waals surface area contributed by atoms with E-state index in [1.165, 1.54) is 0 Å². The third-order valence-corrected chi connectivity index (χ3v) is 3.15. The molecule has 1 aliphatic rings. The topological polar surface area (TPSA) is 75.6 Å². The Kier molecular flexibility index (Phi) is 3.93. The van der Waals surface area contributed by atoms with Gasteiger partial charge in [-0.15, -0.1) is 0 Å². The average molecular weight is 257 g/mol. The lowest BCUT2D eigenvalue weighted by atomic mass is 9.87. The van der Waals surface area contributed by atoms with Crippen LogP contribution in [0.1, 0.15) is 47.5 Å². The molecule has 0 aromatic heterocycles. The van der Waals surface area contributed by atoms with E-state index >= 15 is 0 Å². The van der Waals surface area contributed by atoms with Crippen LogP contribution < -0.4 is 5.32 Å². The van der Waals surface area contributed by atoms with Gasteiger partial charge in [-0.1, -0.05) is 13.8 Å². The number of hydrogen-bond acceptors (Lipinski definition) is 3. The second-order valence-electron chi connectivity index (χ2n) is 6.33. The first-order chi connectivity index (χ1) is 8.08. The highest BCUT2D eigenvalue weighted by Crippen LogP contribution is 2.51. The molecule has 0 aromatic rings.